The number of nitrogens with one attached hydrogen (secondary N) is 2. The third kappa shape index (κ3) is 3.13. The predicted octanol–water partition coefficient (Wildman–Crippen LogP) is 0.427. The Hall–Kier alpha value is -1.69. The third-order valence-electron chi connectivity index (χ3n) is 2.67. The zero-order chi connectivity index (χ0) is 12.1. The largest absolute Gasteiger partial charge is 0.463 e. The van der Waals surface area contributed by atoms with E-state index >= 15 is 0 Å². The molecule has 6 heteroatoms. The maximum absolute atomic E-state index is 11.3. The quantitative estimate of drug-likeness (QED) is 0.741. The highest BCUT2D eigenvalue weighted by Gasteiger charge is 2.14. The number of nitrogens with zero attached hydrogens (tertiary/aromatic N) is 2. The Bertz CT molecular complexity index is 391. The molecule has 17 heavy (non-hydrogen) atoms. The molecule has 1 unspecified atom stereocenters. The van der Waals surface area contributed by atoms with Gasteiger partial charge in [-0.25, -0.2) is 14.8 Å². The molecule has 1 atom stereocenters. The first-order valence-electron chi connectivity index (χ1n) is 5.68. The summed E-state index contributed by atoms with van der Waals surface area (Å²) in [6.45, 7) is 1.98. The lowest BCUT2D eigenvalue weighted by atomic mass is 10.1. The highest BCUT2D eigenvalue weighted by molar-refractivity contribution is 5.85. The molecule has 0 aromatic carbocycles. The number of esters is 1. The molecular weight excluding hydrogens is 220 g/mol. The number of rotatable bonds is 3. The Morgan fingerprint density at radius 1 is 1.65 bits per heavy atom. The van der Waals surface area contributed by atoms with Crippen LogP contribution in [0.1, 0.15) is 23.5 Å². The molecule has 1 fully saturated rings. The van der Waals surface area contributed by atoms with E-state index in [1.807, 2.05) is 0 Å². The van der Waals surface area contributed by atoms with Crippen molar-refractivity contribution in [3.05, 3.63) is 18.1 Å². The summed E-state index contributed by atoms with van der Waals surface area (Å²) < 4.78 is 4.58. The van der Waals surface area contributed by atoms with Crippen molar-refractivity contribution in [2.75, 3.05) is 25.5 Å². The highest BCUT2D eigenvalue weighted by atomic mass is 16.5. The van der Waals surface area contributed by atoms with Crippen LogP contribution >= 0.6 is 0 Å². The van der Waals surface area contributed by atoms with Gasteiger partial charge < -0.3 is 15.4 Å². The van der Waals surface area contributed by atoms with Crippen molar-refractivity contribution >= 4 is 11.8 Å². The van der Waals surface area contributed by atoms with Gasteiger partial charge in [-0.1, -0.05) is 0 Å². The second-order valence-corrected chi connectivity index (χ2v) is 3.94. The molecule has 0 spiro atoms. The zero-order valence-corrected chi connectivity index (χ0v) is 9.77. The summed E-state index contributed by atoms with van der Waals surface area (Å²) in [5.74, 6) is 0.228. The lowest BCUT2D eigenvalue weighted by molar-refractivity contribution is 0.0587. The molecule has 2 rings (SSSR count). The summed E-state index contributed by atoms with van der Waals surface area (Å²) in [6, 6.07) is 2.10. The van der Waals surface area contributed by atoms with Crippen LogP contribution in [-0.4, -0.2) is 42.2 Å². The molecule has 92 valence electrons. The molecule has 0 radical (unpaired) electrons. The lowest BCUT2D eigenvalue weighted by Gasteiger charge is -2.24. The molecule has 0 saturated carbocycles. The van der Waals surface area contributed by atoms with Gasteiger partial charge in [-0.2, -0.15) is 0 Å². The van der Waals surface area contributed by atoms with Crippen molar-refractivity contribution < 1.29 is 9.53 Å². The Morgan fingerprint density at radius 3 is 3.24 bits per heavy atom. The summed E-state index contributed by atoms with van der Waals surface area (Å²) >= 11 is 0. The highest BCUT2D eigenvalue weighted by Crippen LogP contribution is 2.10. The summed E-state index contributed by atoms with van der Waals surface area (Å²) in [7, 11) is 1.32. The minimum Gasteiger partial charge on any atom is -0.463 e. The minimum atomic E-state index is -0.518. The van der Waals surface area contributed by atoms with E-state index in [1.165, 1.54) is 7.11 Å². The van der Waals surface area contributed by atoms with Crippen LogP contribution < -0.4 is 10.6 Å². The van der Waals surface area contributed by atoms with Gasteiger partial charge in [0.05, 0.1) is 7.11 Å². The van der Waals surface area contributed by atoms with E-state index in [9.17, 15) is 4.79 Å². The Kier molecular flexibility index (Phi) is 3.87. The molecule has 1 aromatic rings. The fourth-order valence-corrected chi connectivity index (χ4v) is 1.81. The number of anilines is 1. The molecule has 1 aromatic heterocycles. The predicted molar refractivity (Wildman–Crippen MR) is 62.9 cm³/mol. The van der Waals surface area contributed by atoms with Gasteiger partial charge in [-0.15, -0.1) is 0 Å². The number of carbonyl (C=O) groups excluding carboxylic acids is 1. The second kappa shape index (κ2) is 5.58. The van der Waals surface area contributed by atoms with E-state index in [-0.39, 0.29) is 5.82 Å². The smallest absolute Gasteiger partial charge is 0.376 e. The molecule has 0 bridgehead atoms. The molecule has 2 N–H and O–H groups in total. The van der Waals surface area contributed by atoms with Gasteiger partial charge in [0, 0.05) is 18.8 Å². The van der Waals surface area contributed by atoms with Crippen LogP contribution in [-0.2, 0) is 4.74 Å². The van der Waals surface area contributed by atoms with Crippen molar-refractivity contribution in [3.63, 3.8) is 0 Å². The normalized spacial score (nSPS) is 19.7. The van der Waals surface area contributed by atoms with Crippen LogP contribution in [0.5, 0.6) is 0 Å². The fourth-order valence-electron chi connectivity index (χ4n) is 1.81. The van der Waals surface area contributed by atoms with Gasteiger partial charge in [0.25, 0.3) is 0 Å². The van der Waals surface area contributed by atoms with Crippen molar-refractivity contribution in [1.29, 1.82) is 0 Å². The summed E-state index contributed by atoms with van der Waals surface area (Å²) in [4.78, 5) is 19.2. The molecule has 0 aliphatic carbocycles. The minimum absolute atomic E-state index is 0.0845. The van der Waals surface area contributed by atoms with E-state index < -0.39 is 5.97 Å². The Morgan fingerprint density at radius 2 is 2.53 bits per heavy atom. The van der Waals surface area contributed by atoms with E-state index in [0.717, 1.165) is 25.9 Å². The number of methoxy groups -OCH3 is 1. The fraction of sp³-hybridized carbons (Fsp3) is 0.545. The number of hydrogen-bond donors (Lipinski definition) is 2. The number of ether oxygens (including phenoxy) is 1. The standard InChI is InChI=1S/C11H16N4O2/c1-17-11(16)10-13-6-4-9(15-10)14-8-3-2-5-12-7-8/h4,6,8,12H,2-3,5,7H2,1H3,(H,13,14,15). The topological polar surface area (TPSA) is 76.1 Å². The van der Waals surface area contributed by atoms with Crippen LogP contribution in [0.3, 0.4) is 0 Å². The van der Waals surface area contributed by atoms with Gasteiger partial charge in [-0.05, 0) is 25.5 Å². The van der Waals surface area contributed by atoms with E-state index in [2.05, 4.69) is 25.3 Å². The van der Waals surface area contributed by atoms with Crippen molar-refractivity contribution in [1.82, 2.24) is 15.3 Å². The second-order valence-electron chi connectivity index (χ2n) is 3.94. The van der Waals surface area contributed by atoms with Crippen molar-refractivity contribution in [2.45, 2.75) is 18.9 Å². The molecule has 2 heterocycles. The van der Waals surface area contributed by atoms with Gasteiger partial charge in [-0.3, -0.25) is 0 Å². The molecule has 1 aliphatic rings. The Balaban J connectivity index is 2.02. The summed E-state index contributed by atoms with van der Waals surface area (Å²) in [5, 5.41) is 6.58. The van der Waals surface area contributed by atoms with Crippen LogP contribution in [0.2, 0.25) is 0 Å². The van der Waals surface area contributed by atoms with Gasteiger partial charge >= 0.3 is 5.97 Å². The SMILES string of the molecule is COC(=O)c1nccc(NC2CCCNC2)n1. The van der Waals surface area contributed by atoms with Gasteiger partial charge in [0.2, 0.25) is 5.82 Å². The first-order chi connectivity index (χ1) is 8.29. The lowest BCUT2D eigenvalue weighted by Crippen LogP contribution is -2.38. The van der Waals surface area contributed by atoms with Gasteiger partial charge in [0.15, 0.2) is 0 Å². The summed E-state index contributed by atoms with van der Waals surface area (Å²) in [6.07, 6.45) is 3.80. The van der Waals surface area contributed by atoms with Crippen LogP contribution in [0.15, 0.2) is 12.3 Å². The molecule has 1 saturated heterocycles. The molecule has 1 aliphatic heterocycles. The maximum atomic E-state index is 11.3. The molecule has 0 amide bonds. The van der Waals surface area contributed by atoms with E-state index in [0.29, 0.717) is 11.9 Å². The molecular formula is C11H16N4O2. The first-order valence-corrected chi connectivity index (χ1v) is 5.68. The van der Waals surface area contributed by atoms with E-state index in [4.69, 9.17) is 0 Å². The van der Waals surface area contributed by atoms with Crippen LogP contribution in [0.25, 0.3) is 0 Å². The maximum Gasteiger partial charge on any atom is 0.376 e. The van der Waals surface area contributed by atoms with E-state index in [1.54, 1.807) is 12.3 Å². The number of carbonyl (C=O) groups is 1. The van der Waals surface area contributed by atoms with Crippen LogP contribution in [0.4, 0.5) is 5.82 Å². The Labute approximate surface area is 99.8 Å². The number of piperidine rings is 1. The molecule has 6 nitrogen and oxygen atoms in total. The monoisotopic (exact) mass is 236 g/mol. The zero-order valence-electron chi connectivity index (χ0n) is 9.77. The van der Waals surface area contributed by atoms with Crippen LogP contribution in [0, 0.1) is 0 Å². The van der Waals surface area contributed by atoms with Gasteiger partial charge in [0.1, 0.15) is 5.82 Å². The number of hydrogen-bond acceptors (Lipinski definition) is 6. The first kappa shape index (κ1) is 11.8. The van der Waals surface area contributed by atoms with Crippen molar-refractivity contribution in [2.24, 2.45) is 0 Å². The average molecular weight is 236 g/mol. The summed E-state index contributed by atoms with van der Waals surface area (Å²) in [5.41, 5.74) is 0. The third-order valence-corrected chi connectivity index (χ3v) is 2.67. The average Bonchev–Trinajstić information content (AvgIpc) is 2.39. The number of aromatic nitrogens is 2. The van der Waals surface area contributed by atoms with Crippen molar-refractivity contribution in [3.8, 4) is 0 Å².